The maximum absolute atomic E-state index is 12.3. The molecular formula is C16H20O7. The Morgan fingerprint density at radius 1 is 1.30 bits per heavy atom. The SMILES string of the molecule is CC1(C)O[C@H]2O[C@H]([C@H](O)CO)[C@H](OC(=O)c3ccccc3)[C@H]2O1. The zero-order chi connectivity index (χ0) is 16.6. The number of benzene rings is 1. The largest absolute Gasteiger partial charge is 0.453 e. The number of carbonyl (C=O) groups is 1. The highest BCUT2D eigenvalue weighted by molar-refractivity contribution is 5.89. The van der Waals surface area contributed by atoms with E-state index in [-0.39, 0.29) is 0 Å². The fourth-order valence-corrected chi connectivity index (χ4v) is 2.82. The Balaban J connectivity index is 1.79. The van der Waals surface area contributed by atoms with Gasteiger partial charge >= 0.3 is 5.97 Å². The first kappa shape index (κ1) is 16.4. The third-order valence-electron chi connectivity index (χ3n) is 3.85. The highest BCUT2D eigenvalue weighted by Crippen LogP contribution is 2.39. The summed E-state index contributed by atoms with van der Waals surface area (Å²) in [6, 6.07) is 8.50. The number of aliphatic hydroxyl groups excluding tert-OH is 2. The zero-order valence-electron chi connectivity index (χ0n) is 12.9. The lowest BCUT2D eigenvalue weighted by molar-refractivity contribution is -0.227. The van der Waals surface area contributed by atoms with E-state index in [2.05, 4.69) is 0 Å². The van der Waals surface area contributed by atoms with E-state index < -0.39 is 49.1 Å². The minimum atomic E-state index is -1.20. The van der Waals surface area contributed by atoms with Gasteiger partial charge in [0.25, 0.3) is 0 Å². The predicted octanol–water partition coefficient (Wildman–Crippen LogP) is 0.442. The molecule has 0 amide bonds. The average Bonchev–Trinajstić information content (AvgIpc) is 3.00. The van der Waals surface area contributed by atoms with Gasteiger partial charge in [0, 0.05) is 0 Å². The van der Waals surface area contributed by atoms with Gasteiger partial charge in [-0.05, 0) is 26.0 Å². The third kappa shape index (κ3) is 3.24. The number of carbonyl (C=O) groups excluding carboxylic acids is 1. The third-order valence-corrected chi connectivity index (χ3v) is 3.85. The minimum absolute atomic E-state index is 0.381. The molecule has 2 aliphatic heterocycles. The number of hydrogen-bond acceptors (Lipinski definition) is 7. The van der Waals surface area contributed by atoms with Crippen molar-refractivity contribution in [1.29, 1.82) is 0 Å². The van der Waals surface area contributed by atoms with Gasteiger partial charge in [0.15, 0.2) is 24.3 Å². The second kappa shape index (κ2) is 6.18. The maximum Gasteiger partial charge on any atom is 0.338 e. The van der Waals surface area contributed by atoms with E-state index in [4.69, 9.17) is 18.9 Å². The van der Waals surface area contributed by atoms with Gasteiger partial charge in [0.2, 0.25) is 0 Å². The van der Waals surface area contributed by atoms with E-state index in [0.29, 0.717) is 5.56 Å². The number of rotatable bonds is 4. The Hall–Kier alpha value is -1.51. The molecule has 1 aromatic rings. The van der Waals surface area contributed by atoms with E-state index >= 15 is 0 Å². The van der Waals surface area contributed by atoms with Crippen LogP contribution in [0.15, 0.2) is 30.3 Å². The van der Waals surface area contributed by atoms with Crippen molar-refractivity contribution < 1.29 is 34.0 Å². The summed E-state index contributed by atoms with van der Waals surface area (Å²) in [5.74, 6) is -1.43. The molecule has 0 aromatic heterocycles. The first-order chi connectivity index (χ1) is 10.9. The summed E-state index contributed by atoms with van der Waals surface area (Å²) < 4.78 is 22.4. The molecular weight excluding hydrogens is 304 g/mol. The van der Waals surface area contributed by atoms with Crippen LogP contribution in [0.5, 0.6) is 0 Å². The van der Waals surface area contributed by atoms with Crippen molar-refractivity contribution in [3.63, 3.8) is 0 Å². The van der Waals surface area contributed by atoms with Crippen molar-refractivity contribution in [3.05, 3.63) is 35.9 Å². The van der Waals surface area contributed by atoms with Crippen LogP contribution in [-0.4, -0.2) is 59.3 Å². The molecule has 5 atom stereocenters. The molecule has 1 aromatic carbocycles. The number of ether oxygens (including phenoxy) is 4. The fraction of sp³-hybridized carbons (Fsp3) is 0.562. The smallest absolute Gasteiger partial charge is 0.338 e. The highest BCUT2D eigenvalue weighted by atomic mass is 16.8. The molecule has 2 aliphatic rings. The van der Waals surface area contributed by atoms with Gasteiger partial charge in [0.05, 0.1) is 12.2 Å². The lowest BCUT2D eigenvalue weighted by Gasteiger charge is -2.27. The topological polar surface area (TPSA) is 94.5 Å². The van der Waals surface area contributed by atoms with Gasteiger partial charge in [0.1, 0.15) is 12.2 Å². The van der Waals surface area contributed by atoms with E-state index in [0.717, 1.165) is 0 Å². The lowest BCUT2D eigenvalue weighted by atomic mass is 10.1. The summed E-state index contributed by atoms with van der Waals surface area (Å²) in [5, 5.41) is 19.1. The van der Waals surface area contributed by atoms with Crippen molar-refractivity contribution in [3.8, 4) is 0 Å². The van der Waals surface area contributed by atoms with Crippen molar-refractivity contribution in [1.82, 2.24) is 0 Å². The van der Waals surface area contributed by atoms with Crippen LogP contribution in [0.1, 0.15) is 24.2 Å². The van der Waals surface area contributed by atoms with E-state index in [9.17, 15) is 15.0 Å². The molecule has 7 heteroatoms. The van der Waals surface area contributed by atoms with Crippen LogP contribution in [0.2, 0.25) is 0 Å². The van der Waals surface area contributed by atoms with Crippen molar-refractivity contribution in [2.75, 3.05) is 6.61 Å². The van der Waals surface area contributed by atoms with Crippen LogP contribution in [0, 0.1) is 0 Å². The van der Waals surface area contributed by atoms with E-state index in [1.165, 1.54) is 0 Å². The first-order valence-corrected chi connectivity index (χ1v) is 7.47. The average molecular weight is 324 g/mol. The number of hydrogen-bond donors (Lipinski definition) is 2. The van der Waals surface area contributed by atoms with Crippen LogP contribution < -0.4 is 0 Å². The number of esters is 1. The summed E-state index contributed by atoms with van der Waals surface area (Å²) in [5.41, 5.74) is 0.381. The molecule has 0 aliphatic carbocycles. The van der Waals surface area contributed by atoms with Gasteiger partial charge in [-0.1, -0.05) is 18.2 Å². The molecule has 0 bridgehead atoms. The molecule has 23 heavy (non-hydrogen) atoms. The summed E-state index contributed by atoms with van der Waals surface area (Å²) in [6.45, 7) is 2.93. The van der Waals surface area contributed by atoms with Gasteiger partial charge in [-0.15, -0.1) is 0 Å². The van der Waals surface area contributed by atoms with Crippen molar-refractivity contribution in [2.45, 2.75) is 50.3 Å². The van der Waals surface area contributed by atoms with Crippen LogP contribution in [-0.2, 0) is 18.9 Å². The molecule has 0 saturated carbocycles. The van der Waals surface area contributed by atoms with Gasteiger partial charge < -0.3 is 29.2 Å². The normalized spacial score (nSPS) is 33.2. The minimum Gasteiger partial charge on any atom is -0.453 e. The molecule has 2 saturated heterocycles. The monoisotopic (exact) mass is 324 g/mol. The van der Waals surface area contributed by atoms with Gasteiger partial charge in [-0.2, -0.15) is 0 Å². The fourth-order valence-electron chi connectivity index (χ4n) is 2.82. The Kier molecular flexibility index (Phi) is 4.39. The Morgan fingerprint density at radius 3 is 2.65 bits per heavy atom. The second-order valence-electron chi connectivity index (χ2n) is 6.06. The standard InChI is InChI=1S/C16H20O7/c1-16(2)22-13-12(11(10(18)8-17)21-15(13)23-16)20-14(19)9-6-4-3-5-7-9/h3-7,10-13,15,17-18H,8H2,1-2H3/t10-,11-,12+,13-,15-/m1/s1. The van der Waals surface area contributed by atoms with Crippen LogP contribution in [0.4, 0.5) is 0 Å². The van der Waals surface area contributed by atoms with Crippen LogP contribution >= 0.6 is 0 Å². The summed E-state index contributed by atoms with van der Waals surface area (Å²) in [7, 11) is 0. The Labute approximate surface area is 133 Å². The van der Waals surface area contributed by atoms with Crippen LogP contribution in [0.25, 0.3) is 0 Å². The molecule has 2 fully saturated rings. The van der Waals surface area contributed by atoms with Crippen molar-refractivity contribution >= 4 is 5.97 Å². The summed E-state index contributed by atoms with van der Waals surface area (Å²) >= 11 is 0. The first-order valence-electron chi connectivity index (χ1n) is 7.47. The van der Waals surface area contributed by atoms with Gasteiger partial charge in [-0.25, -0.2) is 4.79 Å². The van der Waals surface area contributed by atoms with E-state index in [1.54, 1.807) is 44.2 Å². The Bertz CT molecular complexity index is 559. The Morgan fingerprint density at radius 2 is 2.00 bits per heavy atom. The van der Waals surface area contributed by atoms with E-state index in [1.807, 2.05) is 0 Å². The highest BCUT2D eigenvalue weighted by Gasteiger charge is 2.58. The number of fused-ring (bicyclic) bond motifs is 1. The predicted molar refractivity (Wildman–Crippen MR) is 77.4 cm³/mol. The zero-order valence-corrected chi connectivity index (χ0v) is 12.9. The summed E-state index contributed by atoms with van der Waals surface area (Å²) in [4.78, 5) is 12.3. The molecule has 3 rings (SSSR count). The molecule has 2 heterocycles. The van der Waals surface area contributed by atoms with Crippen LogP contribution in [0.3, 0.4) is 0 Å². The van der Waals surface area contributed by atoms with Gasteiger partial charge in [-0.3, -0.25) is 0 Å². The van der Waals surface area contributed by atoms with Crippen molar-refractivity contribution in [2.24, 2.45) is 0 Å². The molecule has 0 radical (unpaired) electrons. The number of aliphatic hydroxyl groups is 2. The maximum atomic E-state index is 12.3. The quantitative estimate of drug-likeness (QED) is 0.776. The molecule has 126 valence electrons. The lowest BCUT2D eigenvalue weighted by Crippen LogP contribution is -2.45. The molecule has 0 unspecified atom stereocenters. The molecule has 0 spiro atoms. The second-order valence-corrected chi connectivity index (χ2v) is 6.06. The molecule has 7 nitrogen and oxygen atoms in total. The molecule has 2 N–H and O–H groups in total. The summed E-state index contributed by atoms with van der Waals surface area (Å²) in [6.07, 6.45) is -4.42.